The van der Waals surface area contributed by atoms with E-state index < -0.39 is 0 Å². The van der Waals surface area contributed by atoms with Crippen molar-refractivity contribution in [2.75, 3.05) is 0 Å². The number of ether oxygens (including phenoxy) is 1. The Kier molecular flexibility index (Phi) is 2.47. The predicted molar refractivity (Wildman–Crippen MR) is 42.8 cm³/mol. The standard InChI is InChI=1S/C9H12O2/c1-3-4-5-8-6-7(2)11-9(8)10/h6H,2-5H2,1H3. The molecule has 11 heavy (non-hydrogen) atoms. The number of hydrogen-bond acceptors (Lipinski definition) is 2. The van der Waals surface area contributed by atoms with Crippen molar-refractivity contribution in [3.63, 3.8) is 0 Å². The average molecular weight is 152 g/mol. The van der Waals surface area contributed by atoms with Crippen LogP contribution in [-0.2, 0) is 9.53 Å². The Hall–Kier alpha value is -1.05. The molecular formula is C9H12O2. The van der Waals surface area contributed by atoms with Crippen LogP contribution in [0.3, 0.4) is 0 Å². The number of carbonyl (C=O) groups is 1. The SMILES string of the molecule is C=C1C=C(CCCC)C(=O)O1. The van der Waals surface area contributed by atoms with Crippen molar-refractivity contribution in [2.45, 2.75) is 26.2 Å². The summed E-state index contributed by atoms with van der Waals surface area (Å²) in [6, 6.07) is 0. The third kappa shape index (κ3) is 1.93. The quantitative estimate of drug-likeness (QED) is 0.579. The Bertz CT molecular complexity index is 214. The molecule has 1 aliphatic heterocycles. The van der Waals surface area contributed by atoms with Crippen molar-refractivity contribution in [1.82, 2.24) is 0 Å². The van der Waals surface area contributed by atoms with Crippen LogP contribution in [0.5, 0.6) is 0 Å². The van der Waals surface area contributed by atoms with Gasteiger partial charge in [0.2, 0.25) is 0 Å². The van der Waals surface area contributed by atoms with Gasteiger partial charge in [-0.25, -0.2) is 4.79 Å². The van der Waals surface area contributed by atoms with Crippen molar-refractivity contribution in [2.24, 2.45) is 0 Å². The molecule has 0 radical (unpaired) electrons. The van der Waals surface area contributed by atoms with Gasteiger partial charge in [0.1, 0.15) is 5.76 Å². The van der Waals surface area contributed by atoms with E-state index in [9.17, 15) is 4.79 Å². The smallest absolute Gasteiger partial charge is 0.339 e. The Labute approximate surface area is 66.5 Å². The maximum absolute atomic E-state index is 10.9. The highest BCUT2D eigenvalue weighted by Crippen LogP contribution is 2.19. The van der Waals surface area contributed by atoms with E-state index in [2.05, 4.69) is 13.5 Å². The van der Waals surface area contributed by atoms with E-state index in [4.69, 9.17) is 4.74 Å². The number of carbonyl (C=O) groups excluding carboxylic acids is 1. The van der Waals surface area contributed by atoms with E-state index in [1.54, 1.807) is 6.08 Å². The van der Waals surface area contributed by atoms with Gasteiger partial charge in [0.05, 0.1) is 0 Å². The second-order valence-corrected chi connectivity index (χ2v) is 2.63. The molecule has 0 saturated carbocycles. The van der Waals surface area contributed by atoms with Gasteiger partial charge in [-0.2, -0.15) is 0 Å². The van der Waals surface area contributed by atoms with Gasteiger partial charge in [0.15, 0.2) is 0 Å². The monoisotopic (exact) mass is 152 g/mol. The van der Waals surface area contributed by atoms with Gasteiger partial charge in [-0.3, -0.25) is 0 Å². The molecule has 1 aliphatic rings. The summed E-state index contributed by atoms with van der Waals surface area (Å²) in [4.78, 5) is 10.9. The lowest BCUT2D eigenvalue weighted by atomic mass is 10.1. The summed E-state index contributed by atoms with van der Waals surface area (Å²) in [6.45, 7) is 5.64. The molecule has 1 heterocycles. The van der Waals surface area contributed by atoms with Gasteiger partial charge in [-0.05, 0) is 18.9 Å². The first-order valence-electron chi connectivity index (χ1n) is 3.85. The maximum atomic E-state index is 10.9. The minimum Gasteiger partial charge on any atom is -0.424 e. The zero-order valence-corrected chi connectivity index (χ0v) is 6.72. The van der Waals surface area contributed by atoms with Gasteiger partial charge in [-0.1, -0.05) is 19.9 Å². The average Bonchev–Trinajstić information content (AvgIpc) is 2.26. The summed E-state index contributed by atoms with van der Waals surface area (Å²) in [7, 11) is 0. The van der Waals surface area contributed by atoms with E-state index in [0.717, 1.165) is 24.8 Å². The lowest BCUT2D eigenvalue weighted by Gasteiger charge is -1.95. The third-order valence-electron chi connectivity index (χ3n) is 1.62. The van der Waals surface area contributed by atoms with Gasteiger partial charge in [0.25, 0.3) is 0 Å². The van der Waals surface area contributed by atoms with Crippen LogP contribution in [0.4, 0.5) is 0 Å². The van der Waals surface area contributed by atoms with Crippen molar-refractivity contribution < 1.29 is 9.53 Å². The molecule has 0 aromatic rings. The minimum atomic E-state index is -0.219. The summed E-state index contributed by atoms with van der Waals surface area (Å²) in [5.41, 5.74) is 0.761. The van der Waals surface area contributed by atoms with Crippen LogP contribution >= 0.6 is 0 Å². The van der Waals surface area contributed by atoms with Gasteiger partial charge in [-0.15, -0.1) is 0 Å². The molecule has 0 fully saturated rings. The summed E-state index contributed by atoms with van der Waals surface area (Å²) < 4.78 is 4.74. The third-order valence-corrected chi connectivity index (χ3v) is 1.62. The summed E-state index contributed by atoms with van der Waals surface area (Å²) >= 11 is 0. The highest BCUT2D eigenvalue weighted by molar-refractivity contribution is 5.92. The maximum Gasteiger partial charge on any atom is 0.339 e. The molecule has 0 spiro atoms. The molecule has 0 N–H and O–H groups in total. The van der Waals surface area contributed by atoms with E-state index in [1.165, 1.54) is 0 Å². The molecular weight excluding hydrogens is 140 g/mol. The molecule has 0 aliphatic carbocycles. The lowest BCUT2D eigenvalue weighted by molar-refractivity contribution is -0.133. The zero-order chi connectivity index (χ0) is 8.27. The fourth-order valence-electron chi connectivity index (χ4n) is 1.01. The molecule has 0 atom stereocenters. The lowest BCUT2D eigenvalue weighted by Crippen LogP contribution is -1.98. The molecule has 0 amide bonds. The molecule has 2 nitrogen and oxygen atoms in total. The molecule has 0 bridgehead atoms. The van der Waals surface area contributed by atoms with E-state index in [-0.39, 0.29) is 5.97 Å². The predicted octanol–water partition coefficient (Wildman–Crippen LogP) is 2.17. The Morgan fingerprint density at radius 3 is 2.82 bits per heavy atom. The van der Waals surface area contributed by atoms with Crippen LogP contribution in [0, 0.1) is 0 Å². The van der Waals surface area contributed by atoms with Crippen LogP contribution in [0.1, 0.15) is 26.2 Å². The molecule has 0 aromatic heterocycles. The van der Waals surface area contributed by atoms with E-state index in [1.807, 2.05) is 0 Å². The molecule has 1 rings (SSSR count). The van der Waals surface area contributed by atoms with Gasteiger partial charge in [0, 0.05) is 5.57 Å². The molecule has 2 heteroatoms. The van der Waals surface area contributed by atoms with Crippen LogP contribution in [0.25, 0.3) is 0 Å². The number of rotatable bonds is 3. The van der Waals surface area contributed by atoms with Crippen LogP contribution in [0.15, 0.2) is 24.0 Å². The molecule has 60 valence electrons. The van der Waals surface area contributed by atoms with Crippen LogP contribution < -0.4 is 0 Å². The summed E-state index contributed by atoms with van der Waals surface area (Å²) in [5.74, 6) is 0.254. The van der Waals surface area contributed by atoms with Crippen molar-refractivity contribution in [3.05, 3.63) is 24.0 Å². The first-order chi connectivity index (χ1) is 5.24. The number of allylic oxidation sites excluding steroid dienone is 1. The fraction of sp³-hybridized carbons (Fsp3) is 0.444. The first kappa shape index (κ1) is 8.05. The van der Waals surface area contributed by atoms with Gasteiger partial charge < -0.3 is 4.74 Å². The normalized spacial score (nSPS) is 16.6. The van der Waals surface area contributed by atoms with E-state index in [0.29, 0.717) is 5.76 Å². The number of hydrogen-bond donors (Lipinski definition) is 0. The van der Waals surface area contributed by atoms with Crippen LogP contribution in [0.2, 0.25) is 0 Å². The fourth-order valence-corrected chi connectivity index (χ4v) is 1.01. The number of esters is 1. The number of cyclic esters (lactones) is 1. The molecule has 0 aromatic carbocycles. The Balaban J connectivity index is 2.50. The summed E-state index contributed by atoms with van der Waals surface area (Å²) in [5, 5.41) is 0. The van der Waals surface area contributed by atoms with Crippen molar-refractivity contribution in [3.8, 4) is 0 Å². The summed E-state index contributed by atoms with van der Waals surface area (Å²) in [6.07, 6.45) is 4.66. The molecule has 0 saturated heterocycles. The molecule has 0 unspecified atom stereocenters. The highest BCUT2D eigenvalue weighted by Gasteiger charge is 2.18. The Morgan fingerprint density at radius 1 is 1.64 bits per heavy atom. The number of unbranched alkanes of at least 4 members (excludes halogenated alkanes) is 1. The zero-order valence-electron chi connectivity index (χ0n) is 6.72. The highest BCUT2D eigenvalue weighted by atomic mass is 16.5. The topological polar surface area (TPSA) is 26.3 Å². The Morgan fingerprint density at radius 2 is 2.36 bits per heavy atom. The van der Waals surface area contributed by atoms with E-state index >= 15 is 0 Å². The van der Waals surface area contributed by atoms with Crippen molar-refractivity contribution in [1.29, 1.82) is 0 Å². The largest absolute Gasteiger partial charge is 0.424 e. The van der Waals surface area contributed by atoms with Crippen molar-refractivity contribution >= 4 is 5.97 Å². The van der Waals surface area contributed by atoms with Gasteiger partial charge >= 0.3 is 5.97 Å². The first-order valence-corrected chi connectivity index (χ1v) is 3.85. The van der Waals surface area contributed by atoms with Crippen LogP contribution in [-0.4, -0.2) is 5.97 Å². The minimum absolute atomic E-state index is 0.219. The second kappa shape index (κ2) is 3.37. The second-order valence-electron chi connectivity index (χ2n) is 2.63.